The van der Waals surface area contributed by atoms with E-state index in [0.29, 0.717) is 17.2 Å². The summed E-state index contributed by atoms with van der Waals surface area (Å²) in [6, 6.07) is 16.2. The number of amides is 2. The Labute approximate surface area is 180 Å². The molecule has 1 aliphatic rings. The highest BCUT2D eigenvalue weighted by atomic mass is 32.1. The van der Waals surface area contributed by atoms with Gasteiger partial charge in [-0.2, -0.15) is 0 Å². The second-order valence-corrected chi connectivity index (χ2v) is 8.61. The molecule has 1 aromatic carbocycles. The van der Waals surface area contributed by atoms with E-state index in [2.05, 4.69) is 5.32 Å². The third-order valence-corrected chi connectivity index (χ3v) is 6.37. The van der Waals surface area contributed by atoms with Gasteiger partial charge in [0.25, 0.3) is 11.8 Å². The van der Waals surface area contributed by atoms with Crippen LogP contribution >= 0.6 is 11.3 Å². The first-order valence-electron chi connectivity index (χ1n) is 10.4. The normalized spacial score (nSPS) is 15.5. The van der Waals surface area contributed by atoms with Gasteiger partial charge in [-0.1, -0.05) is 55.7 Å². The highest BCUT2D eigenvalue weighted by Crippen LogP contribution is 2.28. The number of nitrogens with zero attached hydrogens (tertiary/aromatic N) is 1. The molecule has 2 heterocycles. The van der Waals surface area contributed by atoms with Crippen molar-refractivity contribution >= 4 is 23.2 Å². The van der Waals surface area contributed by atoms with Crippen molar-refractivity contribution in [1.82, 2.24) is 10.2 Å². The Morgan fingerprint density at radius 1 is 1.03 bits per heavy atom. The lowest BCUT2D eigenvalue weighted by Crippen LogP contribution is -2.46. The van der Waals surface area contributed by atoms with Crippen LogP contribution in [0.3, 0.4) is 0 Å². The zero-order valence-electron chi connectivity index (χ0n) is 16.8. The van der Waals surface area contributed by atoms with E-state index in [1.165, 1.54) is 17.8 Å². The molecule has 1 atom stereocenters. The fraction of sp³-hybridized carbons (Fsp3) is 0.333. The van der Waals surface area contributed by atoms with E-state index < -0.39 is 6.04 Å². The van der Waals surface area contributed by atoms with Crippen molar-refractivity contribution < 1.29 is 14.0 Å². The summed E-state index contributed by atoms with van der Waals surface area (Å²) in [5, 5.41) is 5.06. The van der Waals surface area contributed by atoms with E-state index in [-0.39, 0.29) is 17.9 Å². The van der Waals surface area contributed by atoms with Gasteiger partial charge < -0.3 is 14.6 Å². The van der Waals surface area contributed by atoms with Crippen molar-refractivity contribution in [3.63, 3.8) is 0 Å². The van der Waals surface area contributed by atoms with Gasteiger partial charge in [0.15, 0.2) is 6.04 Å². The van der Waals surface area contributed by atoms with E-state index in [1.54, 1.807) is 29.4 Å². The fourth-order valence-electron chi connectivity index (χ4n) is 4.00. The average Bonchev–Trinajstić information content (AvgIpc) is 3.49. The summed E-state index contributed by atoms with van der Waals surface area (Å²) in [6.07, 6.45) is 6.97. The Morgan fingerprint density at radius 3 is 2.50 bits per heavy atom. The molecule has 1 unspecified atom stereocenters. The van der Waals surface area contributed by atoms with Crippen molar-refractivity contribution in [3.05, 3.63) is 82.4 Å². The number of carbonyl (C=O) groups excluding carboxylic acids is 2. The van der Waals surface area contributed by atoms with E-state index in [0.717, 1.165) is 31.2 Å². The first kappa shape index (κ1) is 20.4. The van der Waals surface area contributed by atoms with Crippen molar-refractivity contribution in [2.75, 3.05) is 0 Å². The van der Waals surface area contributed by atoms with Crippen molar-refractivity contribution in [2.24, 2.45) is 0 Å². The SMILES string of the molecule is O=C(NC1CCCCC1)C(c1ccco1)N(Cc1ccccc1)C(=O)c1cccs1. The van der Waals surface area contributed by atoms with Gasteiger partial charge in [0.05, 0.1) is 11.1 Å². The first-order chi connectivity index (χ1) is 14.7. The van der Waals surface area contributed by atoms with Crippen LogP contribution in [0, 0.1) is 0 Å². The standard InChI is InChI=1S/C24H26N2O3S/c27-23(25-19-11-5-2-6-12-19)22(20-13-7-15-29-20)26(17-18-9-3-1-4-10-18)24(28)21-14-8-16-30-21/h1,3-4,7-10,13-16,19,22H,2,5-6,11-12,17H2,(H,25,27). The van der Waals surface area contributed by atoms with Gasteiger partial charge in [-0.25, -0.2) is 0 Å². The molecule has 0 saturated heterocycles. The number of furan rings is 1. The number of hydrogen-bond acceptors (Lipinski definition) is 4. The smallest absolute Gasteiger partial charge is 0.265 e. The quantitative estimate of drug-likeness (QED) is 0.571. The summed E-state index contributed by atoms with van der Waals surface area (Å²) in [4.78, 5) is 29.1. The van der Waals surface area contributed by atoms with E-state index in [1.807, 2.05) is 41.8 Å². The molecule has 156 valence electrons. The molecule has 0 radical (unpaired) electrons. The predicted octanol–water partition coefficient (Wildman–Crippen LogP) is 5.17. The molecule has 3 aromatic rings. The highest BCUT2D eigenvalue weighted by molar-refractivity contribution is 7.12. The van der Waals surface area contributed by atoms with Gasteiger partial charge in [0, 0.05) is 12.6 Å². The van der Waals surface area contributed by atoms with Crippen LogP contribution in [0.4, 0.5) is 0 Å². The Morgan fingerprint density at radius 2 is 1.83 bits per heavy atom. The number of rotatable bonds is 7. The molecule has 2 amide bonds. The summed E-state index contributed by atoms with van der Waals surface area (Å²) in [5.74, 6) is 0.121. The lowest BCUT2D eigenvalue weighted by molar-refractivity contribution is -0.127. The third-order valence-electron chi connectivity index (χ3n) is 5.51. The minimum atomic E-state index is -0.822. The van der Waals surface area contributed by atoms with E-state index >= 15 is 0 Å². The molecular formula is C24H26N2O3S. The average molecular weight is 423 g/mol. The molecule has 6 heteroatoms. The maximum Gasteiger partial charge on any atom is 0.265 e. The number of benzene rings is 1. The van der Waals surface area contributed by atoms with Crippen LogP contribution in [0.1, 0.15) is 59.1 Å². The van der Waals surface area contributed by atoms with Crippen LogP contribution in [0.15, 0.2) is 70.7 Å². The molecular weight excluding hydrogens is 396 g/mol. The lowest BCUT2D eigenvalue weighted by atomic mass is 9.95. The number of nitrogens with one attached hydrogen (secondary N) is 1. The third kappa shape index (κ3) is 4.82. The van der Waals surface area contributed by atoms with Crippen LogP contribution in [-0.4, -0.2) is 22.8 Å². The molecule has 1 N–H and O–H groups in total. The van der Waals surface area contributed by atoms with E-state index in [4.69, 9.17) is 4.42 Å². The highest BCUT2D eigenvalue weighted by Gasteiger charge is 2.35. The van der Waals surface area contributed by atoms with Gasteiger partial charge in [0.2, 0.25) is 0 Å². The number of thiophene rings is 1. The molecule has 1 fully saturated rings. The molecule has 4 rings (SSSR count). The molecule has 0 spiro atoms. The molecule has 30 heavy (non-hydrogen) atoms. The van der Waals surface area contributed by atoms with Gasteiger partial charge in [-0.15, -0.1) is 11.3 Å². The molecule has 0 bridgehead atoms. The minimum Gasteiger partial charge on any atom is -0.467 e. The number of hydrogen-bond donors (Lipinski definition) is 1. The maximum absolute atomic E-state index is 13.5. The second kappa shape index (κ2) is 9.76. The molecule has 5 nitrogen and oxygen atoms in total. The maximum atomic E-state index is 13.5. The van der Waals surface area contributed by atoms with E-state index in [9.17, 15) is 9.59 Å². The van der Waals surface area contributed by atoms with Crippen LogP contribution in [0.5, 0.6) is 0 Å². The van der Waals surface area contributed by atoms with Gasteiger partial charge in [-0.3, -0.25) is 9.59 Å². The summed E-state index contributed by atoms with van der Waals surface area (Å²) in [7, 11) is 0. The molecule has 2 aromatic heterocycles. The largest absolute Gasteiger partial charge is 0.467 e. The zero-order chi connectivity index (χ0) is 20.8. The summed E-state index contributed by atoms with van der Waals surface area (Å²) < 4.78 is 5.64. The van der Waals surface area contributed by atoms with Crippen LogP contribution in [0.2, 0.25) is 0 Å². The Kier molecular flexibility index (Phi) is 6.64. The van der Waals surface area contributed by atoms with Crippen LogP contribution < -0.4 is 5.32 Å². The van der Waals surface area contributed by atoms with Gasteiger partial charge in [-0.05, 0) is 42.0 Å². The molecule has 1 aliphatic carbocycles. The second-order valence-electron chi connectivity index (χ2n) is 7.66. The Bertz CT molecular complexity index is 932. The zero-order valence-corrected chi connectivity index (χ0v) is 17.6. The van der Waals surface area contributed by atoms with Gasteiger partial charge in [0.1, 0.15) is 5.76 Å². The summed E-state index contributed by atoms with van der Waals surface area (Å²) in [6.45, 7) is 0.320. The minimum absolute atomic E-state index is 0.152. The fourth-order valence-corrected chi connectivity index (χ4v) is 4.68. The monoisotopic (exact) mass is 422 g/mol. The Balaban J connectivity index is 1.66. The molecule has 0 aliphatic heterocycles. The van der Waals surface area contributed by atoms with Crippen LogP contribution in [0.25, 0.3) is 0 Å². The lowest BCUT2D eigenvalue weighted by Gasteiger charge is -2.32. The summed E-state index contributed by atoms with van der Waals surface area (Å²) >= 11 is 1.38. The first-order valence-corrected chi connectivity index (χ1v) is 11.3. The van der Waals surface area contributed by atoms with Crippen molar-refractivity contribution in [3.8, 4) is 0 Å². The topological polar surface area (TPSA) is 62.6 Å². The predicted molar refractivity (Wildman–Crippen MR) is 117 cm³/mol. The van der Waals surface area contributed by atoms with Crippen molar-refractivity contribution in [1.29, 1.82) is 0 Å². The Hall–Kier alpha value is -2.86. The van der Waals surface area contributed by atoms with Crippen molar-refractivity contribution in [2.45, 2.75) is 50.7 Å². The van der Waals surface area contributed by atoms with Gasteiger partial charge >= 0.3 is 0 Å². The number of carbonyl (C=O) groups is 2. The van der Waals surface area contributed by atoms with Crippen LogP contribution in [-0.2, 0) is 11.3 Å². The summed E-state index contributed by atoms with van der Waals surface area (Å²) in [5.41, 5.74) is 0.962. The molecule has 1 saturated carbocycles.